The van der Waals surface area contributed by atoms with Crippen molar-refractivity contribution >= 4 is 52.5 Å². The number of aromatic hydroxyl groups is 1. The maximum Gasteiger partial charge on any atom is 0.260 e. The Morgan fingerprint density at radius 3 is 2.42 bits per heavy atom. The van der Waals surface area contributed by atoms with Gasteiger partial charge >= 0.3 is 0 Å². The molecule has 2 aliphatic carbocycles. The summed E-state index contributed by atoms with van der Waals surface area (Å²) in [6.45, 7) is 1.77. The number of benzene rings is 3. The molecule has 11 heteroatoms. The summed E-state index contributed by atoms with van der Waals surface area (Å²) in [6.07, 6.45) is 2.47. The fourth-order valence-corrected chi connectivity index (χ4v) is 8.44. The van der Waals surface area contributed by atoms with E-state index in [9.17, 15) is 19.5 Å². The number of hydrazine groups is 1. The van der Waals surface area contributed by atoms with E-state index in [-0.39, 0.29) is 29.0 Å². The van der Waals surface area contributed by atoms with Crippen LogP contribution in [0.5, 0.6) is 11.5 Å². The molecule has 9 nitrogen and oxygen atoms in total. The van der Waals surface area contributed by atoms with Crippen molar-refractivity contribution in [1.82, 2.24) is 10.3 Å². The Balaban J connectivity index is 1.48. The predicted octanol–water partition coefficient (Wildman–Crippen LogP) is 5.29. The molecule has 3 aromatic carbocycles. The molecule has 45 heavy (non-hydrogen) atoms. The molecule has 4 amide bonds. The van der Waals surface area contributed by atoms with Crippen molar-refractivity contribution in [3.8, 4) is 11.5 Å². The smallest absolute Gasteiger partial charge is 0.260 e. The summed E-state index contributed by atoms with van der Waals surface area (Å²) in [4.78, 5) is 55.7. The number of imide groups is 2. The molecule has 3 fully saturated rings. The van der Waals surface area contributed by atoms with E-state index in [1.54, 1.807) is 62.6 Å². The molecule has 3 N–H and O–H groups in total. The number of phenolic OH excluding ortho intramolecular Hbond substituents is 1. The number of carbonyl (C=O) groups excluding carboxylic acids is 4. The first-order chi connectivity index (χ1) is 21.6. The van der Waals surface area contributed by atoms with Gasteiger partial charge in [-0.05, 0) is 78.8 Å². The number of nitrogens with one attached hydrogen (secondary N) is 2. The lowest BCUT2D eigenvalue weighted by Crippen LogP contribution is -2.53. The molecule has 7 rings (SSSR count). The van der Waals surface area contributed by atoms with Crippen LogP contribution in [0.25, 0.3) is 0 Å². The lowest BCUT2D eigenvalue weighted by atomic mass is 9.49. The topological polar surface area (TPSA) is 125 Å². The number of allylic oxidation sites excluding steroid dienone is 2. The van der Waals surface area contributed by atoms with Gasteiger partial charge in [0.1, 0.15) is 11.5 Å². The zero-order chi connectivity index (χ0) is 31.8. The number of fused-ring (bicyclic) bond motifs is 4. The molecule has 0 aromatic heterocycles. The molecule has 2 aliphatic heterocycles. The van der Waals surface area contributed by atoms with Crippen LogP contribution in [0.4, 0.5) is 5.69 Å². The summed E-state index contributed by atoms with van der Waals surface area (Å²) in [6, 6.07) is 17.0. The molecule has 0 bridgehead atoms. The van der Waals surface area contributed by atoms with Crippen LogP contribution < -0.4 is 15.5 Å². The number of hydrogen-bond donors (Lipinski definition) is 3. The predicted molar refractivity (Wildman–Crippen MR) is 167 cm³/mol. The molecule has 2 saturated heterocycles. The second kappa shape index (κ2) is 10.6. The number of ether oxygens (including phenoxy) is 1. The number of anilines is 1. The van der Waals surface area contributed by atoms with Crippen LogP contribution in [-0.2, 0) is 24.6 Å². The molecular formula is C34H29Cl2N3O6. The molecule has 0 spiro atoms. The minimum absolute atomic E-state index is 0.0918. The zero-order valence-electron chi connectivity index (χ0n) is 24.3. The second-order valence-corrected chi connectivity index (χ2v) is 13.0. The van der Waals surface area contributed by atoms with Crippen molar-refractivity contribution in [3.05, 3.63) is 99.0 Å². The van der Waals surface area contributed by atoms with Gasteiger partial charge in [-0.15, -0.1) is 0 Å². The molecule has 230 valence electrons. The minimum atomic E-state index is -1.45. The van der Waals surface area contributed by atoms with Gasteiger partial charge in [-0.25, -0.2) is 0 Å². The Morgan fingerprint density at radius 2 is 1.73 bits per heavy atom. The molecule has 0 radical (unpaired) electrons. The Labute approximate surface area is 269 Å². The largest absolute Gasteiger partial charge is 0.508 e. The maximum atomic E-state index is 15.1. The SMILES string of the molecule is COc1ccc([C@@]23C(=O)N(Nc4ccc(Cl)cc4Cl)C(=O)[C@@H]2C[C@@H]2C(=CC[C@@H]4C(=O)NC(=O)[C@@H]42)[C@@H]3c2ccc(O)c(C)c2)cc1. The molecule has 0 unspecified atom stereocenters. The quantitative estimate of drug-likeness (QED) is 0.254. The summed E-state index contributed by atoms with van der Waals surface area (Å²) in [5, 5.41) is 14.6. The van der Waals surface area contributed by atoms with Crippen molar-refractivity contribution in [2.24, 2.45) is 23.7 Å². The third kappa shape index (κ3) is 4.28. The third-order valence-electron chi connectivity index (χ3n) is 9.98. The Kier molecular flexibility index (Phi) is 6.94. The molecular weight excluding hydrogens is 617 g/mol. The van der Waals surface area contributed by atoms with Gasteiger partial charge in [0.25, 0.3) is 11.8 Å². The van der Waals surface area contributed by atoms with E-state index in [1.807, 2.05) is 12.1 Å². The summed E-state index contributed by atoms with van der Waals surface area (Å²) >= 11 is 12.6. The van der Waals surface area contributed by atoms with Gasteiger partial charge in [0.2, 0.25) is 11.8 Å². The highest BCUT2D eigenvalue weighted by molar-refractivity contribution is 6.36. The van der Waals surface area contributed by atoms with Crippen molar-refractivity contribution in [1.29, 1.82) is 0 Å². The van der Waals surface area contributed by atoms with Gasteiger partial charge in [-0.1, -0.05) is 59.1 Å². The van der Waals surface area contributed by atoms with Crippen molar-refractivity contribution < 1.29 is 29.0 Å². The van der Waals surface area contributed by atoms with Gasteiger partial charge in [0, 0.05) is 10.9 Å². The monoisotopic (exact) mass is 645 g/mol. The van der Waals surface area contributed by atoms with Crippen LogP contribution in [0.2, 0.25) is 10.0 Å². The molecule has 4 aliphatic rings. The number of phenols is 1. The minimum Gasteiger partial charge on any atom is -0.508 e. The number of hydrogen-bond acceptors (Lipinski definition) is 7. The van der Waals surface area contributed by atoms with Crippen LogP contribution in [-0.4, -0.2) is 40.9 Å². The fraction of sp³-hybridized carbons (Fsp3) is 0.294. The molecule has 1 saturated carbocycles. The fourth-order valence-electron chi connectivity index (χ4n) is 7.99. The normalized spacial score (nSPS) is 28.7. The number of carbonyl (C=O) groups is 4. The lowest BCUT2D eigenvalue weighted by Gasteiger charge is -2.50. The number of aryl methyl sites for hydroxylation is 1. The molecule has 2 heterocycles. The lowest BCUT2D eigenvalue weighted by molar-refractivity contribution is -0.138. The van der Waals surface area contributed by atoms with Gasteiger partial charge in [-0.3, -0.25) is 29.9 Å². The highest BCUT2D eigenvalue weighted by Crippen LogP contribution is 2.64. The number of amides is 4. The van der Waals surface area contributed by atoms with Gasteiger partial charge in [0.05, 0.1) is 41.0 Å². The third-order valence-corrected chi connectivity index (χ3v) is 10.5. The summed E-state index contributed by atoms with van der Waals surface area (Å²) in [5.41, 5.74) is 4.57. The van der Waals surface area contributed by atoms with Gasteiger partial charge in [-0.2, -0.15) is 5.01 Å². The zero-order valence-corrected chi connectivity index (χ0v) is 25.9. The summed E-state index contributed by atoms with van der Waals surface area (Å²) < 4.78 is 5.42. The van der Waals surface area contributed by atoms with Crippen molar-refractivity contribution in [2.75, 3.05) is 12.5 Å². The number of halogens is 2. The Bertz CT molecular complexity index is 1820. The van der Waals surface area contributed by atoms with Crippen LogP contribution >= 0.6 is 23.2 Å². The standard InChI is InChI=1S/C34H29Cl2N3O6/c1-16-13-17(3-12-27(16)40)29-21-9-10-22-28(31(42)37-30(22)41)23(21)15-24-32(43)39(38-26-11-6-19(35)14-25(26)36)33(44)34(24,29)18-4-7-20(45-2)8-5-18/h3-9,11-14,22-24,28-29,38,40H,10,15H2,1-2H3,(H,37,41,42)/t22-,23+,24-,28-,29-,34+/m0/s1. The van der Waals surface area contributed by atoms with E-state index in [4.69, 9.17) is 27.9 Å². The molecule has 3 aromatic rings. The van der Waals surface area contributed by atoms with Crippen LogP contribution in [0, 0.1) is 30.6 Å². The number of rotatable bonds is 5. The number of nitrogens with zero attached hydrogens (tertiary/aromatic N) is 1. The van der Waals surface area contributed by atoms with Crippen LogP contribution in [0.1, 0.15) is 35.4 Å². The average molecular weight is 647 g/mol. The van der Waals surface area contributed by atoms with E-state index in [0.29, 0.717) is 39.6 Å². The summed E-state index contributed by atoms with van der Waals surface area (Å²) in [5.74, 6) is -4.28. The van der Waals surface area contributed by atoms with Crippen LogP contribution in [0.15, 0.2) is 72.3 Å². The second-order valence-electron chi connectivity index (χ2n) is 12.1. The first-order valence-electron chi connectivity index (χ1n) is 14.6. The Morgan fingerprint density at radius 1 is 0.978 bits per heavy atom. The van der Waals surface area contributed by atoms with E-state index in [1.165, 1.54) is 6.07 Å². The van der Waals surface area contributed by atoms with E-state index in [0.717, 1.165) is 10.6 Å². The highest BCUT2D eigenvalue weighted by Gasteiger charge is 2.70. The first-order valence-corrected chi connectivity index (χ1v) is 15.4. The average Bonchev–Trinajstić information content (AvgIpc) is 3.43. The highest BCUT2D eigenvalue weighted by atomic mass is 35.5. The van der Waals surface area contributed by atoms with Gasteiger partial charge < -0.3 is 9.84 Å². The van der Waals surface area contributed by atoms with E-state index in [2.05, 4.69) is 10.7 Å². The first kappa shape index (κ1) is 29.4. The van der Waals surface area contributed by atoms with Gasteiger partial charge in [0.15, 0.2) is 0 Å². The van der Waals surface area contributed by atoms with Crippen LogP contribution in [0.3, 0.4) is 0 Å². The maximum absolute atomic E-state index is 15.1. The Hall–Kier alpha value is -4.34. The molecule has 6 atom stereocenters. The van der Waals surface area contributed by atoms with Crippen molar-refractivity contribution in [2.45, 2.75) is 31.1 Å². The number of methoxy groups -OCH3 is 1. The van der Waals surface area contributed by atoms with Crippen molar-refractivity contribution in [3.63, 3.8) is 0 Å². The summed E-state index contributed by atoms with van der Waals surface area (Å²) in [7, 11) is 1.55. The van der Waals surface area contributed by atoms with E-state index < -0.39 is 46.8 Å². The van der Waals surface area contributed by atoms with E-state index >= 15 is 4.79 Å².